The van der Waals surface area contributed by atoms with Crippen molar-refractivity contribution in [3.63, 3.8) is 0 Å². The molecular weight excluding hydrogens is 222 g/mol. The lowest BCUT2D eigenvalue weighted by Crippen LogP contribution is -2.28. The van der Waals surface area contributed by atoms with Crippen molar-refractivity contribution in [3.05, 3.63) is 0 Å². The number of ether oxygens (including phenoxy) is 2. The van der Waals surface area contributed by atoms with E-state index in [-0.39, 0.29) is 24.4 Å². The highest BCUT2D eigenvalue weighted by Gasteiger charge is 2.15. The number of nitrogens with one attached hydrogen (secondary N) is 1. The molecule has 0 aromatic carbocycles. The molecule has 17 heavy (non-hydrogen) atoms. The molecule has 0 radical (unpaired) electrons. The monoisotopic (exact) mass is 243 g/mol. The first-order chi connectivity index (χ1) is 8.22. The van der Waals surface area contributed by atoms with Gasteiger partial charge in [0.15, 0.2) is 0 Å². The van der Waals surface area contributed by atoms with Crippen molar-refractivity contribution in [1.82, 2.24) is 5.32 Å². The zero-order valence-electron chi connectivity index (χ0n) is 10.4. The van der Waals surface area contributed by atoms with Gasteiger partial charge in [-0.15, -0.1) is 0 Å². The van der Waals surface area contributed by atoms with E-state index in [1.165, 1.54) is 13.5 Å². The van der Waals surface area contributed by atoms with Crippen molar-refractivity contribution in [1.29, 1.82) is 0 Å². The van der Waals surface area contributed by atoms with Gasteiger partial charge in [0.25, 0.3) is 0 Å². The molecule has 1 unspecified atom stereocenters. The summed E-state index contributed by atoms with van der Waals surface area (Å²) in [6, 6.07) is 0. The maximum Gasteiger partial charge on any atom is 0.307 e. The van der Waals surface area contributed by atoms with Crippen LogP contribution >= 0.6 is 0 Å². The van der Waals surface area contributed by atoms with Gasteiger partial charge < -0.3 is 14.8 Å². The Morgan fingerprint density at radius 2 is 2.18 bits per heavy atom. The number of amides is 1. The Hall–Kier alpha value is -1.10. The number of hydrogen-bond acceptors (Lipinski definition) is 4. The van der Waals surface area contributed by atoms with Crippen LogP contribution in [0.4, 0.5) is 0 Å². The summed E-state index contributed by atoms with van der Waals surface area (Å²) in [5, 5.41) is 2.69. The normalized spacial score (nSPS) is 19.7. The highest BCUT2D eigenvalue weighted by atomic mass is 16.5. The lowest BCUT2D eigenvalue weighted by atomic mass is 10.0. The predicted molar refractivity (Wildman–Crippen MR) is 62.5 cm³/mol. The first kappa shape index (κ1) is 14.0. The lowest BCUT2D eigenvalue weighted by Gasteiger charge is -2.22. The largest absolute Gasteiger partial charge is 0.469 e. The minimum atomic E-state index is -0.305. The van der Waals surface area contributed by atoms with Crippen molar-refractivity contribution >= 4 is 11.9 Å². The third kappa shape index (κ3) is 6.26. The second-order valence-corrected chi connectivity index (χ2v) is 4.20. The number of methoxy groups -OCH3 is 1. The molecule has 0 aliphatic carbocycles. The zero-order valence-corrected chi connectivity index (χ0v) is 10.4. The molecule has 0 bridgehead atoms. The second kappa shape index (κ2) is 8.06. The van der Waals surface area contributed by atoms with E-state index in [9.17, 15) is 9.59 Å². The maximum absolute atomic E-state index is 11.4. The summed E-state index contributed by atoms with van der Waals surface area (Å²) < 4.78 is 10.0. The molecule has 1 saturated heterocycles. The second-order valence-electron chi connectivity index (χ2n) is 4.20. The zero-order chi connectivity index (χ0) is 12.5. The molecule has 1 aliphatic rings. The molecule has 5 heteroatoms. The van der Waals surface area contributed by atoms with E-state index in [1.807, 2.05) is 0 Å². The summed E-state index contributed by atoms with van der Waals surface area (Å²) in [6.07, 6.45) is 5.05. The van der Waals surface area contributed by atoms with Crippen LogP contribution in [0.3, 0.4) is 0 Å². The Bertz CT molecular complexity index is 249. The summed E-state index contributed by atoms with van der Waals surface area (Å²) in [7, 11) is 1.34. The average Bonchev–Trinajstić information content (AvgIpc) is 2.37. The fraction of sp³-hybridized carbons (Fsp3) is 0.833. The number of rotatable bonds is 6. The van der Waals surface area contributed by atoms with Gasteiger partial charge in [0.2, 0.25) is 5.91 Å². The van der Waals surface area contributed by atoms with Crippen LogP contribution in [-0.2, 0) is 19.1 Å². The van der Waals surface area contributed by atoms with Gasteiger partial charge in [-0.3, -0.25) is 9.59 Å². The smallest absolute Gasteiger partial charge is 0.307 e. The van der Waals surface area contributed by atoms with Crippen LogP contribution in [0.25, 0.3) is 0 Å². The van der Waals surface area contributed by atoms with E-state index < -0.39 is 0 Å². The SMILES string of the molecule is COC(=O)CCNC(=O)CCC1CCCCO1. The number of esters is 1. The quantitative estimate of drug-likeness (QED) is 0.707. The average molecular weight is 243 g/mol. The summed E-state index contributed by atoms with van der Waals surface area (Å²) >= 11 is 0. The van der Waals surface area contributed by atoms with Crippen LogP contribution in [0.2, 0.25) is 0 Å². The fourth-order valence-corrected chi connectivity index (χ4v) is 1.82. The Morgan fingerprint density at radius 3 is 2.82 bits per heavy atom. The van der Waals surface area contributed by atoms with Gasteiger partial charge in [-0.2, -0.15) is 0 Å². The van der Waals surface area contributed by atoms with Gasteiger partial charge in [0, 0.05) is 19.6 Å². The Kier molecular flexibility index (Phi) is 6.62. The first-order valence-electron chi connectivity index (χ1n) is 6.17. The van der Waals surface area contributed by atoms with E-state index in [0.717, 1.165) is 25.9 Å². The third-order valence-electron chi connectivity index (χ3n) is 2.85. The Labute approximate surface area is 102 Å². The number of hydrogen-bond donors (Lipinski definition) is 1. The summed E-state index contributed by atoms with van der Waals surface area (Å²) in [5.74, 6) is -0.330. The third-order valence-corrected chi connectivity index (χ3v) is 2.85. The Balaban J connectivity index is 2.02. The van der Waals surface area contributed by atoms with Gasteiger partial charge in [-0.25, -0.2) is 0 Å². The van der Waals surface area contributed by atoms with Crippen LogP contribution in [0.15, 0.2) is 0 Å². The molecule has 0 aromatic rings. The highest BCUT2D eigenvalue weighted by Crippen LogP contribution is 2.16. The lowest BCUT2D eigenvalue weighted by molar-refractivity contribution is -0.140. The highest BCUT2D eigenvalue weighted by molar-refractivity contribution is 5.77. The summed E-state index contributed by atoms with van der Waals surface area (Å²) in [6.45, 7) is 1.16. The van der Waals surface area contributed by atoms with Gasteiger partial charge in [0.05, 0.1) is 19.6 Å². The summed E-state index contributed by atoms with van der Waals surface area (Å²) in [4.78, 5) is 22.2. The number of carbonyl (C=O) groups is 2. The fourth-order valence-electron chi connectivity index (χ4n) is 1.82. The topological polar surface area (TPSA) is 64.6 Å². The molecule has 0 spiro atoms. The molecule has 1 fully saturated rings. The molecule has 1 amide bonds. The van der Waals surface area contributed by atoms with Crippen LogP contribution < -0.4 is 5.32 Å². The molecule has 5 nitrogen and oxygen atoms in total. The van der Waals surface area contributed by atoms with E-state index in [0.29, 0.717) is 13.0 Å². The molecule has 98 valence electrons. The van der Waals surface area contributed by atoms with Crippen LogP contribution in [0.5, 0.6) is 0 Å². The molecule has 1 N–H and O–H groups in total. The van der Waals surface area contributed by atoms with Gasteiger partial charge in [-0.05, 0) is 25.7 Å². The molecule has 1 rings (SSSR count). The molecular formula is C12H21NO4. The van der Waals surface area contributed by atoms with E-state index >= 15 is 0 Å². The van der Waals surface area contributed by atoms with Crippen LogP contribution in [-0.4, -0.2) is 38.2 Å². The van der Waals surface area contributed by atoms with Crippen molar-refractivity contribution in [2.45, 2.75) is 44.6 Å². The van der Waals surface area contributed by atoms with Crippen LogP contribution in [0.1, 0.15) is 38.5 Å². The van der Waals surface area contributed by atoms with Gasteiger partial charge in [-0.1, -0.05) is 0 Å². The molecule has 1 atom stereocenters. The Morgan fingerprint density at radius 1 is 1.35 bits per heavy atom. The minimum Gasteiger partial charge on any atom is -0.469 e. The van der Waals surface area contributed by atoms with Crippen molar-refractivity contribution < 1.29 is 19.1 Å². The van der Waals surface area contributed by atoms with E-state index in [2.05, 4.69) is 10.1 Å². The van der Waals surface area contributed by atoms with Gasteiger partial charge >= 0.3 is 5.97 Å². The van der Waals surface area contributed by atoms with Crippen LogP contribution in [0, 0.1) is 0 Å². The maximum atomic E-state index is 11.4. The first-order valence-corrected chi connectivity index (χ1v) is 6.17. The summed E-state index contributed by atoms with van der Waals surface area (Å²) in [5.41, 5.74) is 0. The van der Waals surface area contributed by atoms with Crippen molar-refractivity contribution in [2.24, 2.45) is 0 Å². The standard InChI is InChI=1S/C12H21NO4/c1-16-12(15)7-8-13-11(14)6-5-10-4-2-3-9-17-10/h10H,2-9H2,1H3,(H,13,14). The van der Waals surface area contributed by atoms with Crippen molar-refractivity contribution in [2.75, 3.05) is 20.3 Å². The van der Waals surface area contributed by atoms with Crippen molar-refractivity contribution in [3.8, 4) is 0 Å². The molecule has 1 heterocycles. The molecule has 0 saturated carbocycles. The molecule has 0 aromatic heterocycles. The predicted octanol–water partition coefficient (Wildman–Crippen LogP) is 1.01. The van der Waals surface area contributed by atoms with Gasteiger partial charge in [0.1, 0.15) is 0 Å². The van der Waals surface area contributed by atoms with E-state index in [1.54, 1.807) is 0 Å². The minimum absolute atomic E-state index is 0.0249. The molecule has 1 aliphatic heterocycles. The van der Waals surface area contributed by atoms with E-state index in [4.69, 9.17) is 4.74 Å². The number of carbonyl (C=O) groups excluding carboxylic acids is 2.